The van der Waals surface area contributed by atoms with Crippen LogP contribution in [0.4, 0.5) is 0 Å². The van der Waals surface area contributed by atoms with Crippen molar-refractivity contribution in [3.8, 4) is 34.5 Å². The number of fused-ring (bicyclic) bond motifs is 12. The van der Waals surface area contributed by atoms with Gasteiger partial charge in [-0.3, -0.25) is 0 Å². The van der Waals surface area contributed by atoms with Gasteiger partial charge >= 0.3 is 0 Å². The van der Waals surface area contributed by atoms with Crippen molar-refractivity contribution < 1.29 is 56.8 Å². The summed E-state index contributed by atoms with van der Waals surface area (Å²) >= 11 is 0. The minimum atomic E-state index is 0.379. The second-order valence-electron chi connectivity index (χ2n) is 17.5. The zero-order valence-electron chi connectivity index (χ0n) is 43.0. The lowest BCUT2D eigenvalue weighted by Crippen LogP contribution is -2.13. The summed E-state index contributed by atoms with van der Waals surface area (Å²) in [5.41, 5.74) is 12.3. The molecule has 0 aromatic heterocycles. The summed E-state index contributed by atoms with van der Waals surface area (Å²) in [6.07, 6.45) is 3.28. The Labute approximate surface area is 426 Å². The first kappa shape index (κ1) is 53.7. The lowest BCUT2D eigenvalue weighted by atomic mass is 9.91. The minimum Gasteiger partial charge on any atom is -0.491 e. The molecule has 0 fully saturated rings. The lowest BCUT2D eigenvalue weighted by Gasteiger charge is -2.22. The van der Waals surface area contributed by atoms with Crippen LogP contribution < -0.4 is 28.4 Å². The van der Waals surface area contributed by atoms with Gasteiger partial charge in [0, 0.05) is 81.2 Å². The Bertz CT molecular complexity index is 2030. The van der Waals surface area contributed by atoms with Gasteiger partial charge in [-0.15, -0.1) is 0 Å². The number of ether oxygens (including phenoxy) is 12. The fourth-order valence-corrected chi connectivity index (χ4v) is 9.20. The second kappa shape index (κ2) is 28.8. The standard InChI is InChI=1S/C60H72O12/c1-61-25-31-67-55-43-13-7-14-44(55)38-46-16-9-18-48(57(46)69-33-27-63-3)40-50-20-11-22-52(59(50)71-35-29-65-5)42-54-24-12-23-53(60(54)72-36-30-66-6)41-51-21-10-19-49(58(51)70-34-28-64-4)39-47-17-8-15-45(37-43)56(47)68-32-26-62-2/h7-24H,25-42H2,1-6H3. The average molecular weight is 985 g/mol. The van der Waals surface area contributed by atoms with Crippen molar-refractivity contribution in [3.05, 3.63) is 176 Å². The van der Waals surface area contributed by atoms with E-state index in [-0.39, 0.29) is 0 Å². The van der Waals surface area contributed by atoms with E-state index in [9.17, 15) is 0 Å². The maximum atomic E-state index is 6.71. The smallest absolute Gasteiger partial charge is 0.126 e. The highest BCUT2D eigenvalue weighted by molar-refractivity contribution is 5.57. The molecule has 0 atom stereocenters. The van der Waals surface area contributed by atoms with Crippen LogP contribution in [0.2, 0.25) is 0 Å². The van der Waals surface area contributed by atoms with E-state index in [1.54, 1.807) is 42.7 Å². The number of para-hydroxylation sites is 6. The molecule has 1 aliphatic rings. The van der Waals surface area contributed by atoms with E-state index in [1.165, 1.54) is 0 Å². The Morgan fingerprint density at radius 3 is 0.444 bits per heavy atom. The van der Waals surface area contributed by atoms with E-state index < -0.39 is 0 Å². The van der Waals surface area contributed by atoms with E-state index in [4.69, 9.17) is 56.8 Å². The molecule has 0 heterocycles. The van der Waals surface area contributed by atoms with Crippen LogP contribution in [0, 0.1) is 0 Å². The Balaban J connectivity index is 1.46. The topological polar surface area (TPSA) is 111 Å². The highest BCUT2D eigenvalue weighted by Crippen LogP contribution is 2.40. The Morgan fingerprint density at radius 1 is 0.208 bits per heavy atom. The SMILES string of the molecule is COCCOc1c2cccc1Cc1cccc(c1OCCOC)Cc1cccc(c1OCCOC)Cc1cccc(c1OCCOC)Cc1cccc(c1OCCOC)Cc1cccc(c1OCCOC)C2. The van der Waals surface area contributed by atoms with Crippen LogP contribution in [0.1, 0.15) is 66.8 Å². The monoisotopic (exact) mass is 985 g/mol. The normalized spacial score (nSPS) is 12.4. The average Bonchev–Trinajstić information content (AvgIpc) is 3.38. The summed E-state index contributed by atoms with van der Waals surface area (Å²) in [6.45, 7) is 4.88. The summed E-state index contributed by atoms with van der Waals surface area (Å²) in [6, 6.07) is 38.3. The minimum absolute atomic E-state index is 0.379. The molecule has 384 valence electrons. The fourth-order valence-electron chi connectivity index (χ4n) is 9.20. The van der Waals surface area contributed by atoms with E-state index >= 15 is 0 Å². The van der Waals surface area contributed by atoms with Gasteiger partial charge in [-0.05, 0) is 66.8 Å². The van der Waals surface area contributed by atoms with Gasteiger partial charge in [-0.1, -0.05) is 109 Å². The van der Waals surface area contributed by atoms with Crippen LogP contribution in [0.3, 0.4) is 0 Å². The molecule has 0 amide bonds. The first-order valence-electron chi connectivity index (χ1n) is 24.8. The van der Waals surface area contributed by atoms with E-state index in [0.717, 1.165) is 101 Å². The second-order valence-corrected chi connectivity index (χ2v) is 17.5. The molecule has 0 radical (unpaired) electrons. The van der Waals surface area contributed by atoms with E-state index in [2.05, 4.69) is 109 Å². The highest BCUT2D eigenvalue weighted by atomic mass is 16.5. The first-order chi connectivity index (χ1) is 35.5. The highest BCUT2D eigenvalue weighted by Gasteiger charge is 2.23. The molecule has 6 aromatic carbocycles. The van der Waals surface area contributed by atoms with Gasteiger partial charge in [0.15, 0.2) is 0 Å². The van der Waals surface area contributed by atoms with Crippen LogP contribution in [0.15, 0.2) is 109 Å². The van der Waals surface area contributed by atoms with Gasteiger partial charge in [0.05, 0.1) is 39.6 Å². The number of hydrogen-bond acceptors (Lipinski definition) is 12. The maximum Gasteiger partial charge on any atom is 0.126 e. The van der Waals surface area contributed by atoms with Crippen molar-refractivity contribution in [3.63, 3.8) is 0 Å². The van der Waals surface area contributed by atoms with Gasteiger partial charge in [-0.25, -0.2) is 0 Å². The largest absolute Gasteiger partial charge is 0.491 e. The molecule has 0 unspecified atom stereocenters. The first-order valence-corrected chi connectivity index (χ1v) is 24.8. The van der Waals surface area contributed by atoms with E-state index in [0.29, 0.717) is 118 Å². The molecule has 0 N–H and O–H groups in total. The molecule has 12 nitrogen and oxygen atoms in total. The Hall–Kier alpha value is -6.12. The molecule has 0 saturated heterocycles. The Kier molecular flexibility index (Phi) is 21.5. The number of rotatable bonds is 24. The molecule has 72 heavy (non-hydrogen) atoms. The lowest BCUT2D eigenvalue weighted by molar-refractivity contribution is 0.144. The van der Waals surface area contributed by atoms with Gasteiger partial charge in [-0.2, -0.15) is 0 Å². The molecule has 0 spiro atoms. The zero-order valence-corrected chi connectivity index (χ0v) is 43.0. The van der Waals surface area contributed by atoms with Crippen molar-refractivity contribution in [2.75, 3.05) is 122 Å². The predicted octanol–water partition coefficient (Wildman–Crippen LogP) is 9.70. The van der Waals surface area contributed by atoms with Crippen LogP contribution in [-0.4, -0.2) is 122 Å². The summed E-state index contributed by atoms with van der Waals surface area (Å²) in [7, 11) is 10.1. The van der Waals surface area contributed by atoms with Crippen LogP contribution in [-0.2, 0) is 66.9 Å². The maximum absolute atomic E-state index is 6.71. The summed E-state index contributed by atoms with van der Waals surface area (Å²) < 4.78 is 73.3. The molecule has 12 bridgehead atoms. The van der Waals surface area contributed by atoms with Crippen molar-refractivity contribution in [1.29, 1.82) is 0 Å². The quantitative estimate of drug-likeness (QED) is 0.0538. The van der Waals surface area contributed by atoms with Gasteiger partial charge < -0.3 is 56.8 Å². The van der Waals surface area contributed by atoms with Gasteiger partial charge in [0.25, 0.3) is 0 Å². The zero-order chi connectivity index (χ0) is 50.3. The molecular formula is C60H72O12. The van der Waals surface area contributed by atoms with Crippen molar-refractivity contribution in [1.82, 2.24) is 0 Å². The molecule has 6 aromatic rings. The fraction of sp³-hybridized carbons (Fsp3) is 0.400. The molecule has 7 rings (SSSR count). The van der Waals surface area contributed by atoms with Gasteiger partial charge in [0.1, 0.15) is 74.1 Å². The van der Waals surface area contributed by atoms with Crippen molar-refractivity contribution in [2.24, 2.45) is 0 Å². The molecule has 12 heteroatoms. The predicted molar refractivity (Wildman–Crippen MR) is 280 cm³/mol. The number of methoxy groups -OCH3 is 6. The Morgan fingerprint density at radius 2 is 0.333 bits per heavy atom. The molecule has 0 saturated carbocycles. The van der Waals surface area contributed by atoms with Crippen LogP contribution >= 0.6 is 0 Å². The third-order valence-corrected chi connectivity index (χ3v) is 12.6. The summed E-state index contributed by atoms with van der Waals surface area (Å²) in [5, 5.41) is 0. The number of hydrogen-bond donors (Lipinski definition) is 0. The molecule has 0 aliphatic heterocycles. The van der Waals surface area contributed by atoms with E-state index in [1.807, 2.05) is 0 Å². The van der Waals surface area contributed by atoms with Crippen molar-refractivity contribution >= 4 is 0 Å². The summed E-state index contributed by atoms with van der Waals surface area (Å²) in [5.74, 6) is 4.85. The van der Waals surface area contributed by atoms with Gasteiger partial charge in [0.2, 0.25) is 0 Å². The third kappa shape index (κ3) is 14.5. The third-order valence-electron chi connectivity index (χ3n) is 12.6. The number of benzene rings is 6. The summed E-state index contributed by atoms with van der Waals surface area (Å²) in [4.78, 5) is 0. The van der Waals surface area contributed by atoms with Crippen LogP contribution in [0.5, 0.6) is 34.5 Å². The van der Waals surface area contributed by atoms with Crippen LogP contribution in [0.25, 0.3) is 0 Å². The van der Waals surface area contributed by atoms with Crippen molar-refractivity contribution in [2.45, 2.75) is 38.5 Å². The molecular weight excluding hydrogens is 913 g/mol. The molecule has 1 aliphatic carbocycles.